The molecule has 0 saturated carbocycles. The molecule has 1 unspecified atom stereocenters. The molecule has 0 aromatic rings. The van der Waals surface area contributed by atoms with E-state index in [2.05, 4.69) is 34.6 Å². The van der Waals surface area contributed by atoms with Crippen LogP contribution in [-0.4, -0.2) is 60.1 Å². The van der Waals surface area contributed by atoms with Crippen molar-refractivity contribution in [3.63, 3.8) is 0 Å². The number of aliphatic hydroxyl groups excluding tert-OH is 3. The largest absolute Gasteiger partial charge is 0.394 e. The predicted molar refractivity (Wildman–Crippen MR) is 83.2 cm³/mol. The highest BCUT2D eigenvalue weighted by atomic mass is 16.5. The quantitative estimate of drug-likeness (QED) is 0.571. The molecule has 21 heavy (non-hydrogen) atoms. The molecule has 0 amide bonds. The summed E-state index contributed by atoms with van der Waals surface area (Å²) < 4.78 is 10.9. The van der Waals surface area contributed by atoms with Crippen molar-refractivity contribution in [2.24, 2.45) is 10.8 Å². The molecule has 3 atom stereocenters. The number of hydrogen-bond donors (Lipinski definition) is 3. The number of aliphatic hydroxyl groups is 3. The van der Waals surface area contributed by atoms with E-state index < -0.39 is 18.3 Å². The molecule has 0 spiro atoms. The minimum absolute atomic E-state index is 0.00421. The lowest BCUT2D eigenvalue weighted by atomic mass is 9.77. The van der Waals surface area contributed by atoms with Gasteiger partial charge in [-0.1, -0.05) is 34.6 Å². The van der Waals surface area contributed by atoms with Gasteiger partial charge >= 0.3 is 0 Å². The fraction of sp³-hybridized carbons (Fsp3) is 1.00. The van der Waals surface area contributed by atoms with Gasteiger partial charge in [-0.15, -0.1) is 0 Å². The maximum absolute atomic E-state index is 9.94. The molecule has 0 heterocycles. The minimum atomic E-state index is -0.911. The van der Waals surface area contributed by atoms with Crippen LogP contribution >= 0.6 is 0 Å². The van der Waals surface area contributed by atoms with Crippen LogP contribution in [0.3, 0.4) is 0 Å². The fourth-order valence-corrected chi connectivity index (χ4v) is 2.50. The lowest BCUT2D eigenvalue weighted by Crippen LogP contribution is -2.35. The molecule has 0 fully saturated rings. The van der Waals surface area contributed by atoms with Gasteiger partial charge in [-0.2, -0.15) is 0 Å². The van der Waals surface area contributed by atoms with Crippen LogP contribution in [0.25, 0.3) is 0 Å². The van der Waals surface area contributed by atoms with Gasteiger partial charge in [0.25, 0.3) is 0 Å². The first kappa shape index (κ1) is 20.8. The summed E-state index contributed by atoms with van der Waals surface area (Å²) in [5.74, 6) is 0. The molecule has 0 aliphatic carbocycles. The lowest BCUT2D eigenvalue weighted by molar-refractivity contribution is -0.0956. The summed E-state index contributed by atoms with van der Waals surface area (Å²) in [6.45, 7) is 13.1. The molecule has 0 rings (SSSR count). The summed E-state index contributed by atoms with van der Waals surface area (Å²) in [7, 11) is 0. The Morgan fingerprint density at radius 3 is 2.05 bits per heavy atom. The molecule has 5 nitrogen and oxygen atoms in total. The molecule has 3 N–H and O–H groups in total. The van der Waals surface area contributed by atoms with Crippen LogP contribution in [0.4, 0.5) is 0 Å². The van der Waals surface area contributed by atoms with E-state index in [1.807, 2.05) is 0 Å². The predicted octanol–water partition coefficient (Wildman–Crippen LogP) is 1.58. The Bertz CT molecular complexity index is 272. The average Bonchev–Trinajstić information content (AvgIpc) is 2.31. The van der Waals surface area contributed by atoms with Crippen molar-refractivity contribution in [1.82, 2.24) is 0 Å². The molecule has 0 bridgehead atoms. The lowest BCUT2D eigenvalue weighted by Gasteiger charge is -2.32. The van der Waals surface area contributed by atoms with Crippen LogP contribution in [-0.2, 0) is 9.47 Å². The summed E-state index contributed by atoms with van der Waals surface area (Å²) in [5, 5.41) is 27.8. The highest BCUT2D eigenvalue weighted by Crippen LogP contribution is 2.33. The van der Waals surface area contributed by atoms with Crippen LogP contribution in [0.2, 0.25) is 0 Å². The van der Waals surface area contributed by atoms with E-state index in [9.17, 15) is 10.2 Å². The van der Waals surface area contributed by atoms with Crippen molar-refractivity contribution < 1.29 is 24.8 Å². The molecular weight excluding hydrogens is 272 g/mol. The molecule has 0 radical (unpaired) electrons. The first-order valence-corrected chi connectivity index (χ1v) is 7.63. The maximum atomic E-state index is 9.94. The second kappa shape index (κ2) is 9.06. The third kappa shape index (κ3) is 11.1. The zero-order valence-corrected chi connectivity index (χ0v) is 14.4. The Morgan fingerprint density at radius 1 is 1.00 bits per heavy atom. The first-order valence-electron chi connectivity index (χ1n) is 7.63. The number of hydrogen-bond acceptors (Lipinski definition) is 5. The average molecular weight is 306 g/mol. The highest BCUT2D eigenvalue weighted by Gasteiger charge is 2.26. The molecule has 5 heteroatoms. The minimum Gasteiger partial charge on any atom is -0.394 e. The van der Waals surface area contributed by atoms with E-state index in [1.54, 1.807) is 6.92 Å². The van der Waals surface area contributed by atoms with Gasteiger partial charge in [-0.3, -0.25) is 0 Å². The Morgan fingerprint density at radius 2 is 1.57 bits per heavy atom. The van der Waals surface area contributed by atoms with Crippen molar-refractivity contribution in [3.05, 3.63) is 0 Å². The third-order valence-electron chi connectivity index (χ3n) is 3.09. The van der Waals surface area contributed by atoms with Gasteiger partial charge in [0.05, 0.1) is 32.5 Å². The van der Waals surface area contributed by atoms with E-state index >= 15 is 0 Å². The first-order chi connectivity index (χ1) is 9.47. The summed E-state index contributed by atoms with van der Waals surface area (Å²) >= 11 is 0. The molecular formula is C16H34O5. The summed E-state index contributed by atoms with van der Waals surface area (Å²) in [4.78, 5) is 0. The zero-order valence-electron chi connectivity index (χ0n) is 14.4. The molecule has 0 aliphatic heterocycles. The Hall–Kier alpha value is -0.200. The molecule has 0 aliphatic rings. The Kier molecular flexibility index (Phi) is 8.97. The summed E-state index contributed by atoms with van der Waals surface area (Å²) in [6.07, 6.45) is -1.07. The second-order valence-electron chi connectivity index (χ2n) is 7.86. The van der Waals surface area contributed by atoms with Crippen LogP contribution in [0.1, 0.15) is 48.0 Å². The summed E-state index contributed by atoms with van der Waals surface area (Å²) in [5.41, 5.74) is 0.289. The van der Waals surface area contributed by atoms with Gasteiger partial charge < -0.3 is 24.8 Å². The van der Waals surface area contributed by atoms with Gasteiger partial charge in [0.1, 0.15) is 12.2 Å². The maximum Gasteiger partial charge on any atom is 0.103 e. The van der Waals surface area contributed by atoms with Gasteiger partial charge in [0, 0.05) is 0 Å². The van der Waals surface area contributed by atoms with Gasteiger partial charge in [-0.05, 0) is 24.2 Å². The topological polar surface area (TPSA) is 79.2 Å². The Labute approximate surface area is 129 Å². The van der Waals surface area contributed by atoms with E-state index in [4.69, 9.17) is 14.6 Å². The smallest absolute Gasteiger partial charge is 0.103 e. The van der Waals surface area contributed by atoms with Crippen molar-refractivity contribution in [1.29, 1.82) is 0 Å². The van der Waals surface area contributed by atoms with E-state index in [1.165, 1.54) is 0 Å². The zero-order chi connectivity index (χ0) is 16.7. The van der Waals surface area contributed by atoms with Gasteiger partial charge in [-0.25, -0.2) is 0 Å². The van der Waals surface area contributed by atoms with Crippen molar-refractivity contribution in [3.8, 4) is 0 Å². The molecule has 0 saturated heterocycles. The van der Waals surface area contributed by atoms with E-state index in [-0.39, 0.29) is 30.7 Å². The van der Waals surface area contributed by atoms with Crippen molar-refractivity contribution in [2.75, 3.05) is 26.4 Å². The fourth-order valence-electron chi connectivity index (χ4n) is 2.50. The molecule has 0 aromatic carbocycles. The SMILES string of the molecule is C[C@H](OC[C@@H](O)CO)C(O)COCC(C)(C)CC(C)(C)C. The van der Waals surface area contributed by atoms with Crippen molar-refractivity contribution in [2.45, 2.75) is 66.3 Å². The number of ether oxygens (including phenoxy) is 2. The second-order valence-corrected chi connectivity index (χ2v) is 7.86. The molecule has 128 valence electrons. The van der Waals surface area contributed by atoms with E-state index in [0.29, 0.717) is 6.61 Å². The monoisotopic (exact) mass is 306 g/mol. The Balaban J connectivity index is 3.99. The van der Waals surface area contributed by atoms with Crippen molar-refractivity contribution >= 4 is 0 Å². The number of rotatable bonds is 10. The van der Waals surface area contributed by atoms with Gasteiger partial charge in [0.2, 0.25) is 0 Å². The summed E-state index contributed by atoms with van der Waals surface area (Å²) in [6, 6.07) is 0. The van der Waals surface area contributed by atoms with Crippen LogP contribution in [0.5, 0.6) is 0 Å². The third-order valence-corrected chi connectivity index (χ3v) is 3.09. The van der Waals surface area contributed by atoms with E-state index in [0.717, 1.165) is 6.42 Å². The van der Waals surface area contributed by atoms with Gasteiger partial charge in [0.15, 0.2) is 0 Å². The van der Waals surface area contributed by atoms with Crippen LogP contribution in [0.15, 0.2) is 0 Å². The van der Waals surface area contributed by atoms with Crippen LogP contribution < -0.4 is 0 Å². The normalized spacial score (nSPS) is 17.6. The van der Waals surface area contributed by atoms with Crippen LogP contribution in [0, 0.1) is 10.8 Å². The highest BCUT2D eigenvalue weighted by molar-refractivity contribution is 4.76. The molecule has 0 aromatic heterocycles. The standard InChI is InChI=1S/C16H34O5/c1-12(21-8-13(18)7-17)14(19)9-20-11-16(5,6)10-15(2,3)4/h12-14,17-19H,7-11H2,1-6H3/t12-,13-,14?/m0/s1.